The van der Waals surface area contributed by atoms with Crippen molar-refractivity contribution in [3.63, 3.8) is 0 Å². The number of benzene rings is 1. The van der Waals surface area contributed by atoms with Gasteiger partial charge < -0.3 is 14.5 Å². The lowest BCUT2D eigenvalue weighted by Gasteiger charge is -2.15. The van der Waals surface area contributed by atoms with E-state index in [1.54, 1.807) is 0 Å². The molecule has 0 spiro atoms. The SMILES string of the molecule is CCCc1cc2c(=O)c(C(=O)OC)c[nH]c2cc1OC(C)C. The molecule has 0 bridgehead atoms. The number of hydrogen-bond donors (Lipinski definition) is 1. The molecule has 2 rings (SSSR count). The molecule has 0 fully saturated rings. The molecule has 5 heteroatoms. The van der Waals surface area contributed by atoms with Gasteiger partial charge in [0, 0.05) is 17.6 Å². The summed E-state index contributed by atoms with van der Waals surface area (Å²) in [5, 5.41) is 0.474. The zero-order chi connectivity index (χ0) is 16.3. The summed E-state index contributed by atoms with van der Waals surface area (Å²) in [5.74, 6) is 0.133. The van der Waals surface area contributed by atoms with Crippen LogP contribution in [-0.4, -0.2) is 24.2 Å². The minimum Gasteiger partial charge on any atom is -0.491 e. The number of nitrogens with one attached hydrogen (secondary N) is 1. The van der Waals surface area contributed by atoms with E-state index in [4.69, 9.17) is 4.74 Å². The number of aryl methyl sites for hydroxylation is 1. The number of pyridine rings is 1. The van der Waals surface area contributed by atoms with E-state index in [-0.39, 0.29) is 17.1 Å². The summed E-state index contributed by atoms with van der Waals surface area (Å²) < 4.78 is 10.5. The zero-order valence-corrected chi connectivity index (χ0v) is 13.4. The number of ether oxygens (including phenoxy) is 2. The molecule has 2 aromatic rings. The number of hydrogen-bond acceptors (Lipinski definition) is 4. The molecular formula is C17H21NO4. The Hall–Kier alpha value is -2.30. The van der Waals surface area contributed by atoms with Gasteiger partial charge in [-0.1, -0.05) is 13.3 Å². The van der Waals surface area contributed by atoms with Gasteiger partial charge in [0.2, 0.25) is 5.43 Å². The predicted molar refractivity (Wildman–Crippen MR) is 85.7 cm³/mol. The fraction of sp³-hybridized carbons (Fsp3) is 0.412. The molecular weight excluding hydrogens is 282 g/mol. The lowest BCUT2D eigenvalue weighted by atomic mass is 10.0. The van der Waals surface area contributed by atoms with Crippen molar-refractivity contribution in [3.8, 4) is 5.75 Å². The van der Waals surface area contributed by atoms with Crippen LogP contribution in [0.2, 0.25) is 0 Å². The van der Waals surface area contributed by atoms with Gasteiger partial charge in [0.25, 0.3) is 0 Å². The summed E-state index contributed by atoms with van der Waals surface area (Å²) in [5.41, 5.74) is 1.30. The number of methoxy groups -OCH3 is 1. The number of fused-ring (bicyclic) bond motifs is 1. The molecule has 0 unspecified atom stereocenters. The van der Waals surface area contributed by atoms with Crippen molar-refractivity contribution in [2.24, 2.45) is 0 Å². The maximum atomic E-state index is 12.5. The number of aromatic amines is 1. The normalized spacial score (nSPS) is 11.0. The zero-order valence-electron chi connectivity index (χ0n) is 13.4. The van der Waals surface area contributed by atoms with E-state index in [0.29, 0.717) is 10.9 Å². The van der Waals surface area contributed by atoms with Crippen molar-refractivity contribution in [1.82, 2.24) is 4.98 Å². The highest BCUT2D eigenvalue weighted by molar-refractivity contribution is 5.93. The molecule has 0 aliphatic rings. The average Bonchev–Trinajstić information content (AvgIpc) is 2.48. The Kier molecular flexibility index (Phi) is 4.85. The number of esters is 1. The van der Waals surface area contributed by atoms with Crippen LogP contribution in [0.5, 0.6) is 5.75 Å². The van der Waals surface area contributed by atoms with E-state index in [9.17, 15) is 9.59 Å². The molecule has 0 aliphatic carbocycles. The minimum absolute atomic E-state index is 0.00924. The van der Waals surface area contributed by atoms with E-state index < -0.39 is 5.97 Å². The Bertz CT molecular complexity index is 746. The minimum atomic E-state index is -0.636. The highest BCUT2D eigenvalue weighted by Gasteiger charge is 2.15. The Morgan fingerprint density at radius 2 is 2.05 bits per heavy atom. The molecule has 0 amide bonds. The third-order valence-corrected chi connectivity index (χ3v) is 3.35. The van der Waals surface area contributed by atoms with Crippen molar-refractivity contribution in [2.75, 3.05) is 7.11 Å². The van der Waals surface area contributed by atoms with E-state index in [2.05, 4.69) is 16.6 Å². The third-order valence-electron chi connectivity index (χ3n) is 3.35. The molecule has 1 aromatic carbocycles. The molecule has 1 heterocycles. The van der Waals surface area contributed by atoms with Gasteiger partial charge in [0.1, 0.15) is 11.3 Å². The molecule has 0 saturated heterocycles. The standard InChI is InChI=1S/C17H21NO4/c1-5-6-11-7-12-14(8-15(11)22-10(2)3)18-9-13(16(12)19)17(20)21-4/h7-10H,5-6H2,1-4H3,(H,18,19). The maximum absolute atomic E-state index is 12.5. The molecule has 0 radical (unpaired) electrons. The Morgan fingerprint density at radius 3 is 2.64 bits per heavy atom. The van der Waals surface area contributed by atoms with E-state index >= 15 is 0 Å². The van der Waals surface area contributed by atoms with Gasteiger partial charge in [0.15, 0.2) is 0 Å². The first-order chi connectivity index (χ1) is 10.5. The summed E-state index contributed by atoms with van der Waals surface area (Å²) in [6.07, 6.45) is 3.18. The van der Waals surface area contributed by atoms with Crippen LogP contribution >= 0.6 is 0 Å². The first kappa shape index (κ1) is 16.1. The number of rotatable bonds is 5. The molecule has 1 aromatic heterocycles. The molecule has 1 N–H and O–H groups in total. The summed E-state index contributed by atoms with van der Waals surface area (Å²) in [7, 11) is 1.26. The van der Waals surface area contributed by atoms with E-state index in [1.807, 2.05) is 26.0 Å². The average molecular weight is 303 g/mol. The largest absolute Gasteiger partial charge is 0.491 e. The third kappa shape index (κ3) is 3.13. The van der Waals surface area contributed by atoms with Gasteiger partial charge in [-0.05, 0) is 31.9 Å². The second-order valence-electron chi connectivity index (χ2n) is 5.45. The van der Waals surface area contributed by atoms with Crippen LogP contribution in [0.25, 0.3) is 10.9 Å². The molecule has 118 valence electrons. The van der Waals surface area contributed by atoms with Crippen LogP contribution in [0.4, 0.5) is 0 Å². The van der Waals surface area contributed by atoms with Crippen LogP contribution in [0, 0.1) is 0 Å². The fourth-order valence-electron chi connectivity index (χ4n) is 2.38. The molecule has 0 atom stereocenters. The van der Waals surface area contributed by atoms with Crippen LogP contribution in [-0.2, 0) is 11.2 Å². The quantitative estimate of drug-likeness (QED) is 0.862. The Labute approximate surface area is 129 Å². The molecule has 22 heavy (non-hydrogen) atoms. The van der Waals surface area contributed by atoms with Crippen molar-refractivity contribution in [2.45, 2.75) is 39.7 Å². The number of carbonyl (C=O) groups excluding carboxylic acids is 1. The Balaban J connectivity index is 2.66. The van der Waals surface area contributed by atoms with Crippen molar-refractivity contribution in [1.29, 1.82) is 0 Å². The number of H-pyrrole nitrogens is 1. The van der Waals surface area contributed by atoms with Crippen molar-refractivity contribution in [3.05, 3.63) is 39.7 Å². The summed E-state index contributed by atoms with van der Waals surface area (Å²) in [4.78, 5) is 27.1. The summed E-state index contributed by atoms with van der Waals surface area (Å²) in [6.45, 7) is 5.99. The van der Waals surface area contributed by atoms with Gasteiger partial charge in [-0.25, -0.2) is 4.79 Å². The lowest BCUT2D eigenvalue weighted by molar-refractivity contribution is 0.0599. The van der Waals surface area contributed by atoms with Gasteiger partial charge in [-0.3, -0.25) is 4.79 Å². The highest BCUT2D eigenvalue weighted by Crippen LogP contribution is 2.26. The second kappa shape index (κ2) is 6.64. The molecule has 5 nitrogen and oxygen atoms in total. The summed E-state index contributed by atoms with van der Waals surface area (Å²) in [6, 6.07) is 3.63. The summed E-state index contributed by atoms with van der Waals surface area (Å²) >= 11 is 0. The van der Waals surface area contributed by atoms with Gasteiger partial charge in [0.05, 0.1) is 18.7 Å². The van der Waals surface area contributed by atoms with Crippen molar-refractivity contribution >= 4 is 16.9 Å². The van der Waals surface area contributed by atoms with Gasteiger partial charge in [-0.2, -0.15) is 0 Å². The maximum Gasteiger partial charge on any atom is 0.343 e. The number of aromatic nitrogens is 1. The fourth-order valence-corrected chi connectivity index (χ4v) is 2.38. The van der Waals surface area contributed by atoms with Crippen molar-refractivity contribution < 1.29 is 14.3 Å². The Morgan fingerprint density at radius 1 is 1.32 bits per heavy atom. The highest BCUT2D eigenvalue weighted by atomic mass is 16.5. The van der Waals surface area contributed by atoms with Crippen LogP contribution in [0.15, 0.2) is 23.1 Å². The van der Waals surface area contributed by atoms with Crippen LogP contribution in [0.1, 0.15) is 43.1 Å². The van der Waals surface area contributed by atoms with E-state index in [0.717, 1.165) is 24.2 Å². The first-order valence-electron chi connectivity index (χ1n) is 7.41. The second-order valence-corrected chi connectivity index (χ2v) is 5.45. The van der Waals surface area contributed by atoms with Gasteiger partial charge in [-0.15, -0.1) is 0 Å². The number of carbonyl (C=O) groups is 1. The lowest BCUT2D eigenvalue weighted by Crippen LogP contribution is -2.17. The van der Waals surface area contributed by atoms with E-state index in [1.165, 1.54) is 13.3 Å². The van der Waals surface area contributed by atoms with Crippen LogP contribution < -0.4 is 10.2 Å². The van der Waals surface area contributed by atoms with Gasteiger partial charge >= 0.3 is 5.97 Å². The van der Waals surface area contributed by atoms with Crippen LogP contribution in [0.3, 0.4) is 0 Å². The first-order valence-corrected chi connectivity index (χ1v) is 7.41. The topological polar surface area (TPSA) is 68.4 Å². The molecule has 0 aliphatic heterocycles. The predicted octanol–water partition coefficient (Wildman–Crippen LogP) is 3.05. The smallest absolute Gasteiger partial charge is 0.343 e. The molecule has 0 saturated carbocycles. The monoisotopic (exact) mass is 303 g/mol.